The number of amides is 2. The molecule has 0 aliphatic heterocycles. The van der Waals surface area contributed by atoms with Crippen LogP contribution < -0.4 is 25.0 Å². The fourth-order valence-corrected chi connectivity index (χ4v) is 2.34. The highest BCUT2D eigenvalue weighted by Gasteiger charge is 2.09. The van der Waals surface area contributed by atoms with E-state index in [-0.39, 0.29) is 24.7 Å². The fraction of sp³-hybridized carbons (Fsp3) is 0.250. The zero-order chi connectivity index (χ0) is 20.4. The molecule has 0 bridgehead atoms. The topological polar surface area (TPSA) is 98.2 Å². The highest BCUT2D eigenvalue weighted by Crippen LogP contribution is 2.24. The van der Waals surface area contributed by atoms with Gasteiger partial charge in [0.05, 0.1) is 33.2 Å². The van der Waals surface area contributed by atoms with Crippen molar-refractivity contribution in [1.29, 1.82) is 0 Å². The van der Waals surface area contributed by atoms with Gasteiger partial charge in [0.2, 0.25) is 11.8 Å². The molecule has 0 fully saturated rings. The minimum Gasteiger partial charge on any atom is -0.497 e. The molecular weight excluding hydrogens is 362 g/mol. The number of methoxy groups -OCH3 is 3. The Morgan fingerprint density at radius 2 is 1.64 bits per heavy atom. The van der Waals surface area contributed by atoms with Gasteiger partial charge in [0.1, 0.15) is 17.2 Å². The number of hydrogen-bond donors (Lipinski definition) is 2. The van der Waals surface area contributed by atoms with E-state index in [1.807, 2.05) is 0 Å². The van der Waals surface area contributed by atoms with Gasteiger partial charge in [-0.05, 0) is 24.3 Å². The van der Waals surface area contributed by atoms with Crippen molar-refractivity contribution in [3.8, 4) is 17.2 Å². The molecule has 0 atom stereocenters. The summed E-state index contributed by atoms with van der Waals surface area (Å²) >= 11 is 0. The molecule has 148 valence electrons. The van der Waals surface area contributed by atoms with Crippen molar-refractivity contribution in [3.05, 3.63) is 48.0 Å². The first-order chi connectivity index (χ1) is 13.6. The average Bonchev–Trinajstić information content (AvgIpc) is 2.72. The zero-order valence-electron chi connectivity index (χ0n) is 16.0. The normalized spacial score (nSPS) is 10.4. The predicted octanol–water partition coefficient (Wildman–Crippen LogP) is 2.58. The molecule has 8 nitrogen and oxygen atoms in total. The number of carbonyl (C=O) groups excluding carboxylic acids is 2. The Morgan fingerprint density at radius 3 is 2.36 bits per heavy atom. The minimum atomic E-state index is -0.376. The lowest BCUT2D eigenvalue weighted by molar-refractivity contribution is -0.124. The summed E-state index contributed by atoms with van der Waals surface area (Å²) in [5.74, 6) is 1.10. The van der Waals surface area contributed by atoms with E-state index >= 15 is 0 Å². The Kier molecular flexibility index (Phi) is 7.83. The van der Waals surface area contributed by atoms with Crippen molar-refractivity contribution in [1.82, 2.24) is 5.43 Å². The third-order valence-electron chi connectivity index (χ3n) is 3.79. The molecule has 0 aromatic heterocycles. The molecule has 0 saturated carbocycles. The molecule has 2 aromatic carbocycles. The van der Waals surface area contributed by atoms with E-state index < -0.39 is 0 Å². The van der Waals surface area contributed by atoms with Crippen LogP contribution >= 0.6 is 0 Å². The van der Waals surface area contributed by atoms with Gasteiger partial charge < -0.3 is 19.5 Å². The summed E-state index contributed by atoms with van der Waals surface area (Å²) in [5, 5.41) is 6.61. The summed E-state index contributed by atoms with van der Waals surface area (Å²) < 4.78 is 15.5. The molecule has 2 amide bonds. The monoisotopic (exact) mass is 385 g/mol. The smallest absolute Gasteiger partial charge is 0.240 e. The average molecular weight is 385 g/mol. The number of benzene rings is 2. The number of nitrogens with zero attached hydrogens (tertiary/aromatic N) is 1. The number of rotatable bonds is 9. The first-order valence-corrected chi connectivity index (χ1v) is 8.54. The lowest BCUT2D eigenvalue weighted by Crippen LogP contribution is -2.20. The number of anilines is 1. The van der Waals surface area contributed by atoms with Gasteiger partial charge in [-0.15, -0.1) is 0 Å². The van der Waals surface area contributed by atoms with Gasteiger partial charge >= 0.3 is 0 Å². The lowest BCUT2D eigenvalue weighted by Gasteiger charge is -2.09. The summed E-state index contributed by atoms with van der Waals surface area (Å²) in [7, 11) is 4.62. The zero-order valence-corrected chi connectivity index (χ0v) is 16.0. The summed E-state index contributed by atoms with van der Waals surface area (Å²) in [5.41, 5.74) is 3.63. The van der Waals surface area contributed by atoms with Crippen molar-refractivity contribution in [2.45, 2.75) is 12.8 Å². The van der Waals surface area contributed by atoms with Gasteiger partial charge in [0, 0.05) is 24.5 Å². The molecule has 0 aliphatic carbocycles. The van der Waals surface area contributed by atoms with Gasteiger partial charge in [-0.3, -0.25) is 9.59 Å². The number of carbonyl (C=O) groups is 2. The molecular formula is C20H23N3O5. The summed E-state index contributed by atoms with van der Waals surface area (Å²) in [6, 6.07) is 12.3. The summed E-state index contributed by atoms with van der Waals surface area (Å²) in [6.45, 7) is 0. The van der Waals surface area contributed by atoms with Gasteiger partial charge in [0.15, 0.2) is 0 Å². The van der Waals surface area contributed by atoms with Gasteiger partial charge in [0.25, 0.3) is 0 Å². The Balaban J connectivity index is 1.82. The van der Waals surface area contributed by atoms with Crippen molar-refractivity contribution in [3.63, 3.8) is 0 Å². The highest BCUT2D eigenvalue weighted by molar-refractivity contribution is 5.94. The second-order valence-electron chi connectivity index (χ2n) is 5.65. The van der Waals surface area contributed by atoms with Crippen LogP contribution in [-0.2, 0) is 9.59 Å². The van der Waals surface area contributed by atoms with Crippen LogP contribution in [0.2, 0.25) is 0 Å². The molecule has 0 aliphatic rings. The van der Waals surface area contributed by atoms with Gasteiger partial charge in [-0.2, -0.15) is 5.10 Å². The van der Waals surface area contributed by atoms with E-state index in [0.29, 0.717) is 28.5 Å². The molecule has 8 heteroatoms. The largest absolute Gasteiger partial charge is 0.497 e. The Hall–Kier alpha value is -3.55. The van der Waals surface area contributed by atoms with E-state index in [4.69, 9.17) is 14.2 Å². The summed E-state index contributed by atoms with van der Waals surface area (Å²) in [4.78, 5) is 23.9. The van der Waals surface area contributed by atoms with Gasteiger partial charge in [-0.25, -0.2) is 5.43 Å². The number of nitrogens with one attached hydrogen (secondary N) is 2. The van der Waals surface area contributed by atoms with Crippen molar-refractivity contribution < 1.29 is 23.8 Å². The molecule has 0 spiro atoms. The fourth-order valence-electron chi connectivity index (χ4n) is 2.34. The molecule has 0 radical (unpaired) electrons. The van der Waals surface area contributed by atoms with Crippen molar-refractivity contribution >= 4 is 23.7 Å². The van der Waals surface area contributed by atoms with Crippen LogP contribution in [0.4, 0.5) is 5.69 Å². The van der Waals surface area contributed by atoms with Crippen LogP contribution in [0.5, 0.6) is 17.2 Å². The van der Waals surface area contributed by atoms with E-state index in [2.05, 4.69) is 15.8 Å². The molecule has 0 saturated heterocycles. The van der Waals surface area contributed by atoms with Crippen LogP contribution in [0.25, 0.3) is 0 Å². The first-order valence-electron chi connectivity index (χ1n) is 8.54. The summed E-state index contributed by atoms with van der Waals surface area (Å²) in [6.07, 6.45) is 1.48. The number of para-hydroxylation sites is 2. The third-order valence-corrected chi connectivity index (χ3v) is 3.79. The predicted molar refractivity (Wildman–Crippen MR) is 106 cm³/mol. The Morgan fingerprint density at radius 1 is 0.929 bits per heavy atom. The van der Waals surface area contributed by atoms with Gasteiger partial charge in [-0.1, -0.05) is 12.1 Å². The van der Waals surface area contributed by atoms with Crippen LogP contribution in [0.1, 0.15) is 18.4 Å². The van der Waals surface area contributed by atoms with Crippen molar-refractivity contribution in [2.75, 3.05) is 26.6 Å². The SMILES string of the molecule is COc1ccc(/C=N/NC(=O)CCC(=O)Nc2ccccc2OC)c(OC)c1. The Labute approximate surface area is 163 Å². The van der Waals surface area contributed by atoms with E-state index in [9.17, 15) is 9.59 Å². The van der Waals surface area contributed by atoms with E-state index in [0.717, 1.165) is 0 Å². The maximum atomic E-state index is 12.0. The van der Waals surface area contributed by atoms with Crippen LogP contribution in [0.3, 0.4) is 0 Å². The number of hydrazone groups is 1. The Bertz CT molecular complexity index is 851. The van der Waals surface area contributed by atoms with E-state index in [1.54, 1.807) is 49.6 Å². The molecule has 28 heavy (non-hydrogen) atoms. The maximum absolute atomic E-state index is 12.0. The molecule has 0 heterocycles. The van der Waals surface area contributed by atoms with Crippen LogP contribution in [0.15, 0.2) is 47.6 Å². The van der Waals surface area contributed by atoms with Crippen LogP contribution in [-0.4, -0.2) is 39.4 Å². The first kappa shape index (κ1) is 20.8. The maximum Gasteiger partial charge on any atom is 0.240 e. The number of hydrogen-bond acceptors (Lipinski definition) is 6. The quantitative estimate of drug-likeness (QED) is 0.511. The standard InChI is InChI=1S/C20H23N3O5/c1-26-15-9-8-14(18(12-15)28-3)13-21-23-20(25)11-10-19(24)22-16-6-4-5-7-17(16)27-2/h4-9,12-13H,10-11H2,1-3H3,(H,22,24)(H,23,25)/b21-13+. The second kappa shape index (κ2) is 10.6. The van der Waals surface area contributed by atoms with Crippen LogP contribution in [0, 0.1) is 0 Å². The number of ether oxygens (including phenoxy) is 3. The highest BCUT2D eigenvalue weighted by atomic mass is 16.5. The van der Waals surface area contributed by atoms with Crippen molar-refractivity contribution in [2.24, 2.45) is 5.10 Å². The second-order valence-corrected chi connectivity index (χ2v) is 5.65. The van der Waals surface area contributed by atoms with E-state index in [1.165, 1.54) is 20.4 Å². The molecule has 2 N–H and O–H groups in total. The third kappa shape index (κ3) is 6.01. The molecule has 2 rings (SSSR count). The molecule has 0 unspecified atom stereocenters. The lowest BCUT2D eigenvalue weighted by atomic mass is 10.2. The molecule has 2 aromatic rings. The minimum absolute atomic E-state index is 0.00191.